The van der Waals surface area contributed by atoms with Crippen LogP contribution in [0.2, 0.25) is 0 Å². The first kappa shape index (κ1) is 20.9. The van der Waals surface area contributed by atoms with Crippen molar-refractivity contribution < 1.29 is 9.53 Å². The minimum Gasteiger partial charge on any atom is -0.458 e. The van der Waals surface area contributed by atoms with E-state index in [9.17, 15) is 4.79 Å². The molecule has 2 heteroatoms. The Hall–Kier alpha value is -1.05. The monoisotopic (exact) mass is 308 g/mol. The van der Waals surface area contributed by atoms with Gasteiger partial charge >= 0.3 is 5.97 Å². The van der Waals surface area contributed by atoms with E-state index >= 15 is 0 Å². The van der Waals surface area contributed by atoms with E-state index in [1.165, 1.54) is 58.3 Å². The van der Waals surface area contributed by atoms with E-state index in [1.807, 2.05) is 6.08 Å². The molecular weight excluding hydrogens is 272 g/mol. The van der Waals surface area contributed by atoms with Crippen LogP contribution in [0.5, 0.6) is 0 Å². The lowest BCUT2D eigenvalue weighted by Crippen LogP contribution is -2.13. The van der Waals surface area contributed by atoms with Gasteiger partial charge in [0.05, 0.1) is 0 Å². The maximum atomic E-state index is 11.1. The number of carbonyl (C=O) groups is 1. The highest BCUT2D eigenvalue weighted by Gasteiger charge is 2.07. The van der Waals surface area contributed by atoms with Crippen LogP contribution in [-0.4, -0.2) is 12.1 Å². The van der Waals surface area contributed by atoms with Crippen LogP contribution in [0.15, 0.2) is 24.3 Å². The van der Waals surface area contributed by atoms with Gasteiger partial charge in [-0.2, -0.15) is 0 Å². The van der Waals surface area contributed by atoms with Crippen molar-refractivity contribution in [2.75, 3.05) is 0 Å². The van der Waals surface area contributed by atoms with Crippen molar-refractivity contribution in [3.05, 3.63) is 24.3 Å². The molecule has 0 aromatic carbocycles. The number of allylic oxidation sites excluding steroid dienone is 3. The first-order valence-corrected chi connectivity index (χ1v) is 9.19. The molecule has 0 aromatic heterocycles. The second kappa shape index (κ2) is 16.3. The molecule has 22 heavy (non-hydrogen) atoms. The molecule has 0 aliphatic carbocycles. The van der Waals surface area contributed by atoms with Crippen molar-refractivity contribution >= 4 is 5.97 Å². The Kier molecular flexibility index (Phi) is 15.5. The van der Waals surface area contributed by atoms with E-state index in [1.54, 1.807) is 0 Å². The van der Waals surface area contributed by atoms with Crippen LogP contribution < -0.4 is 0 Å². The molecule has 0 amide bonds. The molecule has 0 saturated carbocycles. The van der Waals surface area contributed by atoms with Gasteiger partial charge < -0.3 is 4.74 Å². The third-order valence-corrected chi connectivity index (χ3v) is 3.65. The van der Waals surface area contributed by atoms with Gasteiger partial charge in [0.25, 0.3) is 0 Å². The Morgan fingerprint density at radius 2 is 1.55 bits per heavy atom. The summed E-state index contributed by atoms with van der Waals surface area (Å²) in [4.78, 5) is 11.1. The molecule has 0 fully saturated rings. The first-order valence-electron chi connectivity index (χ1n) is 9.19. The zero-order chi connectivity index (χ0) is 16.5. The average molecular weight is 309 g/mol. The van der Waals surface area contributed by atoms with Gasteiger partial charge in [0, 0.05) is 6.92 Å². The second-order valence-electron chi connectivity index (χ2n) is 5.94. The maximum Gasteiger partial charge on any atom is 0.303 e. The summed E-state index contributed by atoms with van der Waals surface area (Å²) < 4.78 is 5.31. The predicted molar refractivity (Wildman–Crippen MR) is 96.0 cm³/mol. The summed E-state index contributed by atoms with van der Waals surface area (Å²) >= 11 is 0. The third kappa shape index (κ3) is 15.3. The smallest absolute Gasteiger partial charge is 0.303 e. The van der Waals surface area contributed by atoms with Crippen molar-refractivity contribution in [3.63, 3.8) is 0 Å². The van der Waals surface area contributed by atoms with Crippen molar-refractivity contribution in [2.24, 2.45) is 0 Å². The van der Waals surface area contributed by atoms with Crippen LogP contribution in [0.1, 0.15) is 91.4 Å². The van der Waals surface area contributed by atoms with Gasteiger partial charge in [0.2, 0.25) is 0 Å². The van der Waals surface area contributed by atoms with Crippen molar-refractivity contribution in [2.45, 2.75) is 97.5 Å². The van der Waals surface area contributed by atoms with Crippen LogP contribution >= 0.6 is 0 Å². The predicted octanol–water partition coefficient (Wildman–Crippen LogP) is 6.36. The largest absolute Gasteiger partial charge is 0.458 e. The van der Waals surface area contributed by atoms with E-state index in [2.05, 4.69) is 32.1 Å². The lowest BCUT2D eigenvalue weighted by atomic mass is 10.1. The van der Waals surface area contributed by atoms with E-state index in [4.69, 9.17) is 4.74 Å². The molecule has 0 radical (unpaired) electrons. The van der Waals surface area contributed by atoms with Gasteiger partial charge in [-0.25, -0.2) is 0 Å². The number of carbonyl (C=O) groups excluding carboxylic acids is 1. The van der Waals surface area contributed by atoms with Crippen LogP contribution in [0.25, 0.3) is 0 Å². The van der Waals surface area contributed by atoms with Crippen LogP contribution in [0, 0.1) is 0 Å². The zero-order valence-corrected chi connectivity index (χ0v) is 15.0. The van der Waals surface area contributed by atoms with Crippen LogP contribution in [-0.2, 0) is 9.53 Å². The lowest BCUT2D eigenvalue weighted by Gasteiger charge is -2.12. The number of ether oxygens (including phenoxy) is 1. The summed E-state index contributed by atoms with van der Waals surface area (Å²) in [5.41, 5.74) is 0. The van der Waals surface area contributed by atoms with Crippen molar-refractivity contribution in [3.8, 4) is 0 Å². The SMILES string of the molecule is CC/C=C\C(CCCCCCCC=CCCCC)OC(C)=O. The Bertz CT molecular complexity index is 305. The zero-order valence-electron chi connectivity index (χ0n) is 15.0. The Labute approximate surface area is 138 Å². The minimum atomic E-state index is -0.180. The molecule has 0 aliphatic rings. The average Bonchev–Trinajstić information content (AvgIpc) is 2.49. The van der Waals surface area contributed by atoms with Gasteiger partial charge in [0.1, 0.15) is 6.10 Å². The molecule has 0 spiro atoms. The molecule has 0 bridgehead atoms. The Balaban J connectivity index is 3.54. The highest BCUT2D eigenvalue weighted by molar-refractivity contribution is 5.66. The molecule has 0 aromatic rings. The maximum absolute atomic E-state index is 11.1. The second-order valence-corrected chi connectivity index (χ2v) is 5.94. The summed E-state index contributed by atoms with van der Waals surface area (Å²) in [6.07, 6.45) is 22.0. The van der Waals surface area contributed by atoms with E-state index < -0.39 is 0 Å². The van der Waals surface area contributed by atoms with Gasteiger partial charge in [-0.1, -0.05) is 64.2 Å². The fourth-order valence-electron chi connectivity index (χ4n) is 2.39. The standard InChI is InChI=1S/C20H36O2/c1-4-6-8-9-10-11-12-13-14-15-16-18-20(17-7-5-2)22-19(3)21/h7,9-10,17,20H,4-6,8,11-16,18H2,1-3H3/b10-9?,17-7-. The quantitative estimate of drug-likeness (QED) is 0.212. The molecule has 128 valence electrons. The number of rotatable bonds is 14. The first-order chi connectivity index (χ1) is 10.7. The normalized spacial score (nSPS) is 13.0. The molecular formula is C20H36O2. The molecule has 0 rings (SSSR count). The van der Waals surface area contributed by atoms with Crippen molar-refractivity contribution in [1.29, 1.82) is 0 Å². The molecule has 0 N–H and O–H groups in total. The van der Waals surface area contributed by atoms with Gasteiger partial charge in [-0.3, -0.25) is 4.79 Å². The van der Waals surface area contributed by atoms with Crippen molar-refractivity contribution in [1.82, 2.24) is 0 Å². The number of esters is 1. The summed E-state index contributed by atoms with van der Waals surface area (Å²) in [5.74, 6) is -0.180. The minimum absolute atomic E-state index is 0.0288. The molecule has 1 unspecified atom stereocenters. The molecule has 0 aliphatic heterocycles. The highest BCUT2D eigenvalue weighted by atomic mass is 16.5. The van der Waals surface area contributed by atoms with E-state index in [0.717, 1.165) is 19.3 Å². The highest BCUT2D eigenvalue weighted by Crippen LogP contribution is 2.12. The fraction of sp³-hybridized carbons (Fsp3) is 0.750. The van der Waals surface area contributed by atoms with Crippen LogP contribution in [0.3, 0.4) is 0 Å². The summed E-state index contributed by atoms with van der Waals surface area (Å²) in [5, 5.41) is 0. The van der Waals surface area contributed by atoms with Gasteiger partial charge in [0.15, 0.2) is 0 Å². The fourth-order valence-corrected chi connectivity index (χ4v) is 2.39. The lowest BCUT2D eigenvalue weighted by molar-refractivity contribution is -0.144. The summed E-state index contributed by atoms with van der Waals surface area (Å²) in [7, 11) is 0. The topological polar surface area (TPSA) is 26.3 Å². The van der Waals surface area contributed by atoms with E-state index in [-0.39, 0.29) is 12.1 Å². The molecule has 0 saturated heterocycles. The Morgan fingerprint density at radius 1 is 0.909 bits per heavy atom. The Morgan fingerprint density at radius 3 is 2.18 bits per heavy atom. The summed E-state index contributed by atoms with van der Waals surface area (Å²) in [6, 6.07) is 0. The number of hydrogen-bond acceptors (Lipinski definition) is 2. The molecule has 0 heterocycles. The van der Waals surface area contributed by atoms with Gasteiger partial charge in [-0.15, -0.1) is 0 Å². The summed E-state index contributed by atoms with van der Waals surface area (Å²) in [6.45, 7) is 5.82. The number of hydrogen-bond donors (Lipinski definition) is 0. The van der Waals surface area contributed by atoms with Gasteiger partial charge in [-0.05, 0) is 44.6 Å². The van der Waals surface area contributed by atoms with Crippen LogP contribution in [0.4, 0.5) is 0 Å². The molecule has 1 atom stereocenters. The number of unbranched alkanes of at least 4 members (excludes halogenated alkanes) is 7. The van der Waals surface area contributed by atoms with E-state index in [0.29, 0.717) is 0 Å². The third-order valence-electron chi connectivity index (χ3n) is 3.65. The molecule has 2 nitrogen and oxygen atoms in total.